The monoisotopic (exact) mass is 321 g/mol. The Hall–Kier alpha value is -1.30. The molecule has 21 heavy (non-hydrogen) atoms. The highest BCUT2D eigenvalue weighted by molar-refractivity contribution is 7.99. The van der Waals surface area contributed by atoms with Crippen molar-refractivity contribution in [2.45, 2.75) is 12.6 Å². The number of hydrogen-bond acceptors (Lipinski definition) is 4. The lowest BCUT2D eigenvalue weighted by Gasteiger charge is -2.16. The second-order valence-electron chi connectivity index (χ2n) is 4.77. The Morgan fingerprint density at radius 2 is 2.05 bits per heavy atom. The van der Waals surface area contributed by atoms with E-state index in [1.165, 1.54) is 16.6 Å². The Bertz CT molecular complexity index is 543. The quantitative estimate of drug-likeness (QED) is 0.851. The fourth-order valence-electron chi connectivity index (χ4n) is 1.86. The lowest BCUT2D eigenvalue weighted by atomic mass is 10.1. The van der Waals surface area contributed by atoms with Crippen molar-refractivity contribution in [2.75, 3.05) is 18.6 Å². The van der Waals surface area contributed by atoms with Crippen LogP contribution in [0.5, 0.6) is 0 Å². The average Bonchev–Trinajstić information content (AvgIpc) is 3.00. The number of carbonyl (C=O) groups excluding carboxylic acids is 1. The molecule has 1 unspecified atom stereocenters. The lowest BCUT2D eigenvalue weighted by molar-refractivity contribution is -0.127. The molecule has 0 spiro atoms. The molecular formula is C16H19NO2S2. The Balaban J connectivity index is 1.71. The van der Waals surface area contributed by atoms with Crippen LogP contribution in [0.1, 0.15) is 16.5 Å². The van der Waals surface area contributed by atoms with E-state index in [-0.39, 0.29) is 5.91 Å². The molecule has 0 saturated carbocycles. The first kappa shape index (κ1) is 16.1. The molecule has 0 fully saturated rings. The van der Waals surface area contributed by atoms with E-state index in [0.717, 1.165) is 5.56 Å². The van der Waals surface area contributed by atoms with Crippen molar-refractivity contribution in [3.8, 4) is 0 Å². The van der Waals surface area contributed by atoms with Crippen molar-refractivity contribution >= 4 is 29.0 Å². The van der Waals surface area contributed by atoms with Crippen molar-refractivity contribution in [3.05, 3.63) is 58.3 Å². The molecule has 112 valence electrons. The van der Waals surface area contributed by atoms with Gasteiger partial charge in [0, 0.05) is 17.7 Å². The molecule has 0 bridgehead atoms. The van der Waals surface area contributed by atoms with Gasteiger partial charge >= 0.3 is 0 Å². The Kier molecular flexibility index (Phi) is 6.29. The molecule has 0 aliphatic heterocycles. The Morgan fingerprint density at radius 1 is 1.29 bits per heavy atom. The van der Waals surface area contributed by atoms with E-state index >= 15 is 0 Å². The number of thioether (sulfide) groups is 1. The summed E-state index contributed by atoms with van der Waals surface area (Å²) in [5.74, 6) is 1.02. The summed E-state index contributed by atoms with van der Waals surface area (Å²) < 4.78 is 0. The first-order chi connectivity index (χ1) is 10.2. The highest BCUT2D eigenvalue weighted by Crippen LogP contribution is 2.18. The maximum absolute atomic E-state index is 12.0. The Labute approximate surface area is 133 Å². The van der Waals surface area contributed by atoms with Gasteiger partial charge in [0.25, 0.3) is 0 Å². The fraction of sp³-hybridized carbons (Fsp3) is 0.312. The molecule has 0 aliphatic carbocycles. The molecular weight excluding hydrogens is 302 g/mol. The first-order valence-electron chi connectivity index (χ1n) is 6.74. The van der Waals surface area contributed by atoms with Gasteiger partial charge < -0.3 is 10.0 Å². The van der Waals surface area contributed by atoms with Crippen LogP contribution in [-0.2, 0) is 11.3 Å². The molecule has 5 heteroatoms. The number of rotatable bonds is 7. The number of benzene rings is 1. The number of nitrogens with zero attached hydrogens (tertiary/aromatic N) is 1. The predicted octanol–water partition coefficient (Wildman–Crippen LogP) is 3.17. The van der Waals surface area contributed by atoms with Crippen LogP contribution in [0.4, 0.5) is 0 Å². The maximum Gasteiger partial charge on any atom is 0.232 e. The molecule has 2 rings (SSSR count). The zero-order chi connectivity index (χ0) is 15.1. The summed E-state index contributed by atoms with van der Waals surface area (Å²) in [6.07, 6.45) is -0.522. The number of aliphatic hydroxyl groups is 1. The minimum atomic E-state index is -0.522. The van der Waals surface area contributed by atoms with Gasteiger partial charge in [0.1, 0.15) is 0 Å². The van der Waals surface area contributed by atoms with Crippen LogP contribution in [0.3, 0.4) is 0 Å². The molecule has 0 aliphatic rings. The van der Waals surface area contributed by atoms with E-state index in [1.807, 2.05) is 54.9 Å². The topological polar surface area (TPSA) is 40.5 Å². The standard InChI is InChI=1S/C16H19NO2S2/c1-17(10-14-8-5-9-21-14)16(19)12-20-11-15(18)13-6-3-2-4-7-13/h2-9,15,18H,10-12H2,1H3. The summed E-state index contributed by atoms with van der Waals surface area (Å²) in [6.45, 7) is 0.651. The zero-order valence-electron chi connectivity index (χ0n) is 11.9. The molecule has 0 saturated heterocycles. The molecule has 1 aromatic carbocycles. The van der Waals surface area contributed by atoms with E-state index in [1.54, 1.807) is 16.2 Å². The normalized spacial score (nSPS) is 12.1. The summed E-state index contributed by atoms with van der Waals surface area (Å²) >= 11 is 3.12. The van der Waals surface area contributed by atoms with Crippen molar-refractivity contribution in [2.24, 2.45) is 0 Å². The predicted molar refractivity (Wildman–Crippen MR) is 89.5 cm³/mol. The number of carbonyl (C=O) groups is 1. The maximum atomic E-state index is 12.0. The van der Waals surface area contributed by atoms with Crippen molar-refractivity contribution in [3.63, 3.8) is 0 Å². The van der Waals surface area contributed by atoms with Crippen LogP contribution in [0.25, 0.3) is 0 Å². The highest BCUT2D eigenvalue weighted by Gasteiger charge is 2.12. The minimum Gasteiger partial charge on any atom is -0.388 e. The van der Waals surface area contributed by atoms with Crippen molar-refractivity contribution in [1.82, 2.24) is 4.90 Å². The van der Waals surface area contributed by atoms with Gasteiger partial charge in [-0.05, 0) is 17.0 Å². The number of amides is 1. The van der Waals surface area contributed by atoms with E-state index in [9.17, 15) is 9.90 Å². The van der Waals surface area contributed by atoms with Crippen LogP contribution >= 0.6 is 23.1 Å². The average molecular weight is 321 g/mol. The number of hydrogen-bond donors (Lipinski definition) is 1. The summed E-state index contributed by atoms with van der Waals surface area (Å²) in [6, 6.07) is 13.6. The van der Waals surface area contributed by atoms with E-state index < -0.39 is 6.10 Å². The van der Waals surface area contributed by atoms with E-state index in [4.69, 9.17) is 0 Å². The third kappa shape index (κ3) is 5.19. The lowest BCUT2D eigenvalue weighted by Crippen LogP contribution is -2.27. The smallest absolute Gasteiger partial charge is 0.232 e. The summed E-state index contributed by atoms with van der Waals surface area (Å²) in [4.78, 5) is 14.9. The van der Waals surface area contributed by atoms with Crippen LogP contribution in [-0.4, -0.2) is 34.5 Å². The molecule has 1 N–H and O–H groups in total. The van der Waals surface area contributed by atoms with Gasteiger partial charge in [-0.1, -0.05) is 36.4 Å². The van der Waals surface area contributed by atoms with Gasteiger partial charge in [0.2, 0.25) is 5.91 Å². The van der Waals surface area contributed by atoms with Crippen LogP contribution in [0.2, 0.25) is 0 Å². The van der Waals surface area contributed by atoms with E-state index in [2.05, 4.69) is 0 Å². The SMILES string of the molecule is CN(Cc1cccs1)C(=O)CSCC(O)c1ccccc1. The third-order valence-electron chi connectivity index (χ3n) is 3.08. The van der Waals surface area contributed by atoms with Gasteiger partial charge in [-0.15, -0.1) is 23.1 Å². The Morgan fingerprint density at radius 3 is 2.71 bits per heavy atom. The molecule has 2 aromatic rings. The minimum absolute atomic E-state index is 0.0914. The highest BCUT2D eigenvalue weighted by atomic mass is 32.2. The van der Waals surface area contributed by atoms with Crippen LogP contribution in [0.15, 0.2) is 47.8 Å². The van der Waals surface area contributed by atoms with Gasteiger partial charge in [0.15, 0.2) is 0 Å². The van der Waals surface area contributed by atoms with Crippen LogP contribution in [0, 0.1) is 0 Å². The molecule has 0 radical (unpaired) electrons. The second-order valence-corrected chi connectivity index (χ2v) is 6.83. The van der Waals surface area contributed by atoms with Gasteiger partial charge in [0.05, 0.1) is 18.4 Å². The van der Waals surface area contributed by atoms with Gasteiger partial charge in [-0.3, -0.25) is 4.79 Å². The van der Waals surface area contributed by atoms with Crippen molar-refractivity contribution in [1.29, 1.82) is 0 Å². The van der Waals surface area contributed by atoms with Gasteiger partial charge in [-0.2, -0.15) is 0 Å². The summed E-state index contributed by atoms with van der Waals surface area (Å²) in [5.41, 5.74) is 0.893. The largest absolute Gasteiger partial charge is 0.388 e. The molecule has 1 aromatic heterocycles. The summed E-state index contributed by atoms with van der Waals surface area (Å²) in [5, 5.41) is 12.0. The number of thiophene rings is 1. The van der Waals surface area contributed by atoms with E-state index in [0.29, 0.717) is 18.1 Å². The molecule has 1 heterocycles. The first-order valence-corrected chi connectivity index (χ1v) is 8.77. The fourth-order valence-corrected chi connectivity index (χ4v) is 3.55. The molecule has 1 atom stereocenters. The van der Waals surface area contributed by atoms with Crippen LogP contribution < -0.4 is 0 Å². The number of aliphatic hydroxyl groups excluding tert-OH is 1. The molecule has 3 nitrogen and oxygen atoms in total. The zero-order valence-corrected chi connectivity index (χ0v) is 13.6. The third-order valence-corrected chi connectivity index (χ3v) is 4.95. The summed E-state index contributed by atoms with van der Waals surface area (Å²) in [7, 11) is 1.82. The van der Waals surface area contributed by atoms with Gasteiger partial charge in [-0.25, -0.2) is 0 Å². The second kappa shape index (κ2) is 8.22. The van der Waals surface area contributed by atoms with Crippen molar-refractivity contribution < 1.29 is 9.90 Å². The molecule has 1 amide bonds.